The van der Waals surface area contributed by atoms with E-state index in [9.17, 15) is 30.3 Å². The van der Waals surface area contributed by atoms with E-state index in [2.05, 4.69) is 141 Å². The first kappa shape index (κ1) is 87.3. The highest BCUT2D eigenvalue weighted by atomic mass is 16.7. The van der Waals surface area contributed by atoms with Crippen molar-refractivity contribution in [2.24, 2.45) is 0 Å². The Balaban J connectivity index is 2.12. The Kier molecular flexibility index (Phi) is 66.8. The molecule has 7 unspecified atom stereocenters. The van der Waals surface area contributed by atoms with Crippen molar-refractivity contribution in [1.82, 2.24) is 5.32 Å². The van der Waals surface area contributed by atoms with Crippen LogP contribution in [-0.4, -0.2) is 87.5 Å². The molecule has 0 saturated carbocycles. The van der Waals surface area contributed by atoms with Crippen molar-refractivity contribution in [1.29, 1.82) is 0 Å². The summed E-state index contributed by atoms with van der Waals surface area (Å²) < 4.78 is 11.3. The Bertz CT molecular complexity index is 1940. The number of aliphatic hydroxyl groups is 5. The lowest BCUT2D eigenvalue weighted by atomic mass is 9.99. The number of amides is 1. The van der Waals surface area contributed by atoms with Gasteiger partial charge in [0.15, 0.2) is 6.29 Å². The Labute approximate surface area is 572 Å². The molecule has 1 amide bonds. The molecule has 9 heteroatoms. The topological polar surface area (TPSA) is 149 Å². The summed E-state index contributed by atoms with van der Waals surface area (Å²) in [6, 6.07) is -0.818. The molecule has 0 aliphatic carbocycles. The minimum absolute atomic E-state index is 0.182. The Morgan fingerprint density at radius 3 is 0.989 bits per heavy atom. The van der Waals surface area contributed by atoms with Crippen LogP contribution in [0.1, 0.15) is 335 Å². The van der Waals surface area contributed by atoms with Gasteiger partial charge in [-0.3, -0.25) is 4.79 Å². The first-order valence-electron chi connectivity index (χ1n) is 38.9. The van der Waals surface area contributed by atoms with Crippen LogP contribution in [-0.2, 0) is 14.3 Å². The number of hydrogen-bond donors (Lipinski definition) is 6. The molecule has 1 saturated heterocycles. The van der Waals surface area contributed by atoms with Crippen molar-refractivity contribution >= 4 is 5.91 Å². The van der Waals surface area contributed by atoms with Gasteiger partial charge in [-0.1, -0.05) is 366 Å². The van der Waals surface area contributed by atoms with Gasteiger partial charge >= 0.3 is 0 Å². The zero-order valence-corrected chi connectivity index (χ0v) is 60.0. The summed E-state index contributed by atoms with van der Waals surface area (Å²) >= 11 is 0. The summed E-state index contributed by atoms with van der Waals surface area (Å²) in [4.78, 5) is 13.2. The molecule has 1 fully saturated rings. The normalized spacial score (nSPS) is 18.4. The van der Waals surface area contributed by atoms with Crippen molar-refractivity contribution in [2.45, 2.75) is 378 Å². The lowest BCUT2D eigenvalue weighted by molar-refractivity contribution is -0.302. The first-order chi connectivity index (χ1) is 45.8. The van der Waals surface area contributed by atoms with Gasteiger partial charge in [0, 0.05) is 6.42 Å². The zero-order chi connectivity index (χ0) is 67.1. The van der Waals surface area contributed by atoms with Gasteiger partial charge < -0.3 is 40.3 Å². The fourth-order valence-corrected chi connectivity index (χ4v) is 11.7. The van der Waals surface area contributed by atoms with Gasteiger partial charge in [-0.25, -0.2) is 0 Å². The van der Waals surface area contributed by atoms with Crippen molar-refractivity contribution in [3.63, 3.8) is 0 Å². The van der Waals surface area contributed by atoms with Crippen LogP contribution < -0.4 is 5.32 Å². The van der Waals surface area contributed by atoms with Crippen LogP contribution in [0, 0.1) is 0 Å². The van der Waals surface area contributed by atoms with E-state index in [1.54, 1.807) is 6.08 Å². The van der Waals surface area contributed by atoms with E-state index >= 15 is 0 Å². The SMILES string of the molecule is CC/C=C\C/C=C\C/C=C\C/C=C\C/C=C\C/C=C\C/C=C\C/C=C\C/C=C\C/C=C\CCCCCCCCCCCCC(=O)NC(COC1OC(CO)C(O)C(O)C1O)C(O)/C=C/CCCCCCCCCCCCCCCCCCCCCCCCCCCCC. The highest BCUT2D eigenvalue weighted by Crippen LogP contribution is 2.23. The molecule has 9 nitrogen and oxygen atoms in total. The van der Waals surface area contributed by atoms with Crippen molar-refractivity contribution in [2.75, 3.05) is 13.2 Å². The lowest BCUT2D eigenvalue weighted by Gasteiger charge is -2.40. The third-order valence-electron chi connectivity index (χ3n) is 17.7. The maximum absolute atomic E-state index is 13.2. The van der Waals surface area contributed by atoms with Gasteiger partial charge in [-0.2, -0.15) is 0 Å². The number of nitrogens with one attached hydrogen (secondary N) is 1. The number of allylic oxidation sites excluding steroid dienone is 21. The molecule has 0 aromatic heterocycles. The molecule has 1 heterocycles. The van der Waals surface area contributed by atoms with Crippen LogP contribution in [0.3, 0.4) is 0 Å². The number of ether oxygens (including phenoxy) is 2. The molecule has 0 radical (unpaired) electrons. The first-order valence-corrected chi connectivity index (χ1v) is 38.9. The summed E-state index contributed by atoms with van der Waals surface area (Å²) in [6.45, 7) is 3.69. The van der Waals surface area contributed by atoms with Gasteiger partial charge in [0.05, 0.1) is 25.4 Å². The summed E-state index contributed by atoms with van der Waals surface area (Å²) in [5.74, 6) is -0.182. The molecule has 6 N–H and O–H groups in total. The molecule has 1 rings (SSSR count). The molecular weight excluding hydrogens is 1150 g/mol. The Morgan fingerprint density at radius 2 is 0.667 bits per heavy atom. The number of aliphatic hydroxyl groups excluding tert-OH is 5. The summed E-state index contributed by atoms with van der Waals surface area (Å²) in [5, 5.41) is 54.9. The van der Waals surface area contributed by atoms with Crippen molar-refractivity contribution in [3.05, 3.63) is 134 Å². The maximum Gasteiger partial charge on any atom is 0.220 e. The van der Waals surface area contributed by atoms with E-state index < -0.39 is 49.5 Å². The second-order valence-corrected chi connectivity index (χ2v) is 26.4. The van der Waals surface area contributed by atoms with Crippen molar-refractivity contribution < 1.29 is 39.8 Å². The molecular formula is C84H145NO8. The fourth-order valence-electron chi connectivity index (χ4n) is 11.7. The van der Waals surface area contributed by atoms with Crippen molar-refractivity contribution in [3.8, 4) is 0 Å². The van der Waals surface area contributed by atoms with Crippen LogP contribution in [0.2, 0.25) is 0 Å². The smallest absolute Gasteiger partial charge is 0.220 e. The molecule has 0 bridgehead atoms. The molecule has 93 heavy (non-hydrogen) atoms. The second kappa shape index (κ2) is 71.1. The third kappa shape index (κ3) is 59.3. The molecule has 1 aliphatic heterocycles. The number of hydrogen-bond acceptors (Lipinski definition) is 8. The summed E-state index contributed by atoms with van der Waals surface area (Å²) in [5.41, 5.74) is 0. The number of rotatable bonds is 67. The number of carbonyl (C=O) groups excluding carboxylic acids is 1. The quantitative estimate of drug-likeness (QED) is 0.0261. The van der Waals surface area contributed by atoms with E-state index in [4.69, 9.17) is 9.47 Å². The third-order valence-corrected chi connectivity index (χ3v) is 17.7. The highest BCUT2D eigenvalue weighted by molar-refractivity contribution is 5.76. The molecule has 7 atom stereocenters. The van der Waals surface area contributed by atoms with E-state index in [1.807, 2.05) is 6.08 Å². The Morgan fingerprint density at radius 1 is 0.376 bits per heavy atom. The highest BCUT2D eigenvalue weighted by Gasteiger charge is 2.44. The number of unbranched alkanes of at least 4 members (excludes halogenated alkanes) is 37. The monoisotopic (exact) mass is 1300 g/mol. The van der Waals surface area contributed by atoms with Crippen LogP contribution in [0.5, 0.6) is 0 Å². The van der Waals surface area contributed by atoms with Crippen LogP contribution >= 0.6 is 0 Å². The molecule has 534 valence electrons. The van der Waals surface area contributed by atoms with Gasteiger partial charge in [-0.15, -0.1) is 0 Å². The van der Waals surface area contributed by atoms with E-state index in [0.29, 0.717) is 6.42 Å². The Hall–Kier alpha value is -3.67. The van der Waals surface area contributed by atoms with Crippen LogP contribution in [0.4, 0.5) is 0 Å². The van der Waals surface area contributed by atoms with Gasteiger partial charge in [0.1, 0.15) is 24.4 Å². The van der Waals surface area contributed by atoms with E-state index in [1.165, 1.54) is 199 Å². The summed E-state index contributed by atoms with van der Waals surface area (Å²) in [7, 11) is 0. The average Bonchev–Trinajstić information content (AvgIpc) is 1.00. The molecule has 0 aromatic rings. The van der Waals surface area contributed by atoms with Gasteiger partial charge in [0.2, 0.25) is 5.91 Å². The average molecular weight is 1300 g/mol. The second-order valence-electron chi connectivity index (χ2n) is 26.4. The predicted octanol–water partition coefficient (Wildman–Crippen LogP) is 22.3. The van der Waals surface area contributed by atoms with Crippen LogP contribution in [0.15, 0.2) is 134 Å². The minimum Gasteiger partial charge on any atom is -0.394 e. The van der Waals surface area contributed by atoms with Crippen LogP contribution in [0.25, 0.3) is 0 Å². The largest absolute Gasteiger partial charge is 0.394 e. The minimum atomic E-state index is -1.58. The lowest BCUT2D eigenvalue weighted by Crippen LogP contribution is -2.60. The molecule has 0 aromatic carbocycles. The van der Waals surface area contributed by atoms with E-state index in [0.717, 1.165) is 116 Å². The standard InChI is InChI=1S/C84H145NO8/c1-3-5-7-9-11-13-15-17-19-21-23-25-27-29-31-33-34-35-36-37-38-39-40-41-42-43-44-46-48-50-52-54-56-58-60-62-64-66-68-70-72-74-80(88)85-77(76-92-84-83(91)82(90)81(89)79(75-86)93-84)78(87)73-71-69-67-65-63-61-59-57-55-53-51-49-47-45-32-30-28-26-24-22-20-18-16-14-12-10-8-6-4-2/h5,7,11,13,17,19,23,25,29,31,34-35,37-38,40-41,43-44,48,50,71,73,77-79,81-84,86-87,89-91H,3-4,6,8-10,12,14-16,18,20-22,24,26-28,30,32-33,36,39,42,45-47,49,51-70,72,74-76H2,1-2H3,(H,85,88)/b7-5-,13-11-,19-17-,25-23-,31-29-,35-34-,38-37-,41-40-,44-43-,50-48-,73-71+. The number of carbonyl (C=O) groups is 1. The summed E-state index contributed by atoms with van der Waals surface area (Å²) in [6.07, 6.45) is 101. The fraction of sp³-hybridized carbons (Fsp3) is 0.726. The predicted molar refractivity (Wildman–Crippen MR) is 400 cm³/mol. The van der Waals surface area contributed by atoms with E-state index in [-0.39, 0.29) is 12.5 Å². The maximum atomic E-state index is 13.2. The molecule has 1 aliphatic rings. The zero-order valence-electron chi connectivity index (χ0n) is 60.0. The van der Waals surface area contributed by atoms with Gasteiger partial charge in [-0.05, 0) is 96.3 Å². The molecule has 0 spiro atoms. The van der Waals surface area contributed by atoms with Gasteiger partial charge in [0.25, 0.3) is 0 Å².